The summed E-state index contributed by atoms with van der Waals surface area (Å²) >= 11 is 6.12. The van der Waals surface area contributed by atoms with Gasteiger partial charge in [-0.1, -0.05) is 22.0 Å². The van der Waals surface area contributed by atoms with E-state index in [1.54, 1.807) is 12.2 Å². The summed E-state index contributed by atoms with van der Waals surface area (Å²) in [6, 6.07) is 0. The summed E-state index contributed by atoms with van der Waals surface area (Å²) < 4.78 is 17.5. The van der Waals surface area contributed by atoms with Crippen molar-refractivity contribution in [3.63, 3.8) is 0 Å². The second-order valence-electron chi connectivity index (χ2n) is 2.20. The molecule has 0 fully saturated rings. The average Bonchev–Trinajstić information content (AvgIpc) is 1.86. The highest BCUT2D eigenvalue weighted by Crippen LogP contribution is 2.37. The summed E-state index contributed by atoms with van der Waals surface area (Å²) in [4.78, 5) is 0. The van der Waals surface area contributed by atoms with Crippen LogP contribution in [-0.2, 0) is 4.74 Å². The third kappa shape index (κ3) is 1.92. The monoisotopic (exact) mass is 284 g/mol. The van der Waals surface area contributed by atoms with E-state index >= 15 is 0 Å². The quantitative estimate of drug-likeness (QED) is 0.673. The number of methoxy groups -OCH3 is 1. The van der Waals surface area contributed by atoms with E-state index in [0.29, 0.717) is 4.48 Å². The Morgan fingerprint density at radius 2 is 2.36 bits per heavy atom. The van der Waals surface area contributed by atoms with Crippen LogP contribution < -0.4 is 0 Å². The van der Waals surface area contributed by atoms with Gasteiger partial charge in [0, 0.05) is 11.6 Å². The zero-order valence-electron chi connectivity index (χ0n) is 5.85. The van der Waals surface area contributed by atoms with Crippen molar-refractivity contribution in [1.29, 1.82) is 0 Å². The zero-order chi connectivity index (χ0) is 8.48. The van der Waals surface area contributed by atoms with Crippen molar-refractivity contribution in [3.05, 3.63) is 22.7 Å². The van der Waals surface area contributed by atoms with E-state index in [9.17, 15) is 4.39 Å². The molecule has 0 saturated carbocycles. The molecule has 2 unspecified atom stereocenters. The Morgan fingerprint density at radius 1 is 1.73 bits per heavy atom. The Kier molecular flexibility index (Phi) is 2.89. The van der Waals surface area contributed by atoms with Crippen LogP contribution in [0, 0.1) is 0 Å². The molecule has 1 nitrogen and oxygen atoms in total. The van der Waals surface area contributed by atoms with Crippen LogP contribution in [0.15, 0.2) is 22.7 Å². The van der Waals surface area contributed by atoms with Gasteiger partial charge in [-0.2, -0.15) is 0 Å². The molecule has 0 spiro atoms. The fourth-order valence-electron chi connectivity index (χ4n) is 0.897. The molecule has 2 atom stereocenters. The first-order chi connectivity index (χ1) is 5.08. The SMILES string of the molecule is COC1C(Br)=CC=CC1(F)Br. The molecule has 0 aliphatic heterocycles. The molecule has 0 amide bonds. The maximum absolute atomic E-state index is 13.4. The molecule has 0 N–H and O–H groups in total. The number of ether oxygens (including phenoxy) is 1. The first-order valence-corrected chi connectivity index (χ1v) is 4.62. The van der Waals surface area contributed by atoms with Crippen LogP contribution in [0.5, 0.6) is 0 Å². The number of alkyl halides is 2. The van der Waals surface area contributed by atoms with Gasteiger partial charge in [-0.3, -0.25) is 0 Å². The molecule has 0 aromatic rings. The molecule has 62 valence electrons. The molecule has 1 aliphatic rings. The Hall–Kier alpha value is 0.330. The van der Waals surface area contributed by atoms with Gasteiger partial charge in [0.2, 0.25) is 4.58 Å². The summed E-state index contributed by atoms with van der Waals surface area (Å²) in [6.45, 7) is 0. The molecular weight excluding hydrogens is 279 g/mol. The van der Waals surface area contributed by atoms with Gasteiger partial charge in [0.15, 0.2) is 0 Å². The van der Waals surface area contributed by atoms with Crippen LogP contribution in [0.2, 0.25) is 0 Å². The highest BCUT2D eigenvalue weighted by Gasteiger charge is 2.37. The molecular formula is C7H7Br2FO. The van der Waals surface area contributed by atoms with Crippen molar-refractivity contribution in [2.24, 2.45) is 0 Å². The smallest absolute Gasteiger partial charge is 0.214 e. The molecule has 1 aliphatic carbocycles. The van der Waals surface area contributed by atoms with E-state index in [1.165, 1.54) is 13.2 Å². The first-order valence-electron chi connectivity index (χ1n) is 3.03. The summed E-state index contributed by atoms with van der Waals surface area (Å²) in [6.07, 6.45) is 4.21. The van der Waals surface area contributed by atoms with Crippen molar-refractivity contribution in [2.45, 2.75) is 10.7 Å². The van der Waals surface area contributed by atoms with E-state index < -0.39 is 10.7 Å². The molecule has 0 aromatic heterocycles. The van der Waals surface area contributed by atoms with E-state index in [1.807, 2.05) is 0 Å². The first kappa shape index (κ1) is 9.42. The van der Waals surface area contributed by atoms with Gasteiger partial charge in [-0.25, -0.2) is 4.39 Å². The van der Waals surface area contributed by atoms with Crippen LogP contribution in [0.25, 0.3) is 0 Å². The number of allylic oxidation sites excluding steroid dienone is 2. The predicted molar refractivity (Wildman–Crippen MR) is 49.7 cm³/mol. The van der Waals surface area contributed by atoms with Crippen LogP contribution in [0.4, 0.5) is 4.39 Å². The summed E-state index contributed by atoms with van der Waals surface area (Å²) in [5.74, 6) is 0. The normalized spacial score (nSPS) is 37.1. The van der Waals surface area contributed by atoms with Crippen LogP contribution in [0.1, 0.15) is 0 Å². The number of halogens is 3. The van der Waals surface area contributed by atoms with Crippen LogP contribution in [0.3, 0.4) is 0 Å². The third-order valence-electron chi connectivity index (χ3n) is 1.41. The number of hydrogen-bond donors (Lipinski definition) is 0. The lowest BCUT2D eigenvalue weighted by Crippen LogP contribution is -2.33. The van der Waals surface area contributed by atoms with Gasteiger partial charge in [0.25, 0.3) is 0 Å². The second kappa shape index (κ2) is 3.37. The standard InChI is InChI=1S/C7H7Br2FO/c1-11-6-5(8)3-2-4-7(6,9)10/h2-4,6H,1H3. The molecule has 11 heavy (non-hydrogen) atoms. The predicted octanol–water partition coefficient (Wildman–Crippen LogP) is 2.91. The molecule has 0 saturated heterocycles. The van der Waals surface area contributed by atoms with E-state index in [-0.39, 0.29) is 0 Å². The van der Waals surface area contributed by atoms with Crippen molar-refractivity contribution < 1.29 is 9.13 Å². The lowest BCUT2D eigenvalue weighted by atomic mass is 10.1. The van der Waals surface area contributed by atoms with Gasteiger partial charge < -0.3 is 4.74 Å². The van der Waals surface area contributed by atoms with Gasteiger partial charge in [-0.15, -0.1) is 0 Å². The van der Waals surface area contributed by atoms with Gasteiger partial charge in [0.1, 0.15) is 6.10 Å². The number of rotatable bonds is 1. The topological polar surface area (TPSA) is 9.23 Å². The molecule has 0 radical (unpaired) electrons. The molecule has 4 heteroatoms. The maximum atomic E-state index is 13.4. The molecule has 0 bridgehead atoms. The zero-order valence-corrected chi connectivity index (χ0v) is 9.02. The minimum atomic E-state index is -1.59. The minimum Gasteiger partial charge on any atom is -0.372 e. The van der Waals surface area contributed by atoms with Crippen LogP contribution in [-0.4, -0.2) is 17.8 Å². The molecule has 0 aromatic carbocycles. The highest BCUT2D eigenvalue weighted by molar-refractivity contribution is 9.12. The Balaban J connectivity index is 2.88. The van der Waals surface area contributed by atoms with Gasteiger partial charge in [0.05, 0.1) is 0 Å². The Morgan fingerprint density at radius 3 is 2.73 bits per heavy atom. The Bertz CT molecular complexity index is 210. The minimum absolute atomic E-state index is 0.590. The number of hydrogen-bond acceptors (Lipinski definition) is 1. The largest absolute Gasteiger partial charge is 0.372 e. The molecule has 1 rings (SSSR count). The fraction of sp³-hybridized carbons (Fsp3) is 0.429. The lowest BCUT2D eigenvalue weighted by molar-refractivity contribution is 0.0709. The van der Waals surface area contributed by atoms with Gasteiger partial charge >= 0.3 is 0 Å². The third-order valence-corrected chi connectivity index (χ3v) is 2.77. The van der Waals surface area contributed by atoms with Gasteiger partial charge in [-0.05, 0) is 28.1 Å². The lowest BCUT2D eigenvalue weighted by Gasteiger charge is -2.26. The Labute approximate surface area is 81.6 Å². The van der Waals surface area contributed by atoms with E-state index in [2.05, 4.69) is 31.9 Å². The highest BCUT2D eigenvalue weighted by atomic mass is 79.9. The fourth-order valence-corrected chi connectivity index (χ4v) is 2.46. The van der Waals surface area contributed by atoms with Crippen LogP contribution >= 0.6 is 31.9 Å². The molecule has 0 heterocycles. The summed E-state index contributed by atoms with van der Waals surface area (Å²) in [7, 11) is 1.47. The van der Waals surface area contributed by atoms with E-state index in [0.717, 1.165) is 0 Å². The van der Waals surface area contributed by atoms with Crippen molar-refractivity contribution >= 4 is 31.9 Å². The average molecular weight is 286 g/mol. The van der Waals surface area contributed by atoms with Crippen molar-refractivity contribution in [1.82, 2.24) is 0 Å². The van der Waals surface area contributed by atoms with E-state index in [4.69, 9.17) is 4.74 Å². The summed E-state index contributed by atoms with van der Waals surface area (Å²) in [5.41, 5.74) is 0. The summed E-state index contributed by atoms with van der Waals surface area (Å²) in [5, 5.41) is 0. The maximum Gasteiger partial charge on any atom is 0.214 e. The second-order valence-corrected chi connectivity index (χ2v) is 4.33. The van der Waals surface area contributed by atoms with Crippen molar-refractivity contribution in [3.8, 4) is 0 Å². The van der Waals surface area contributed by atoms with Crippen molar-refractivity contribution in [2.75, 3.05) is 7.11 Å².